The van der Waals surface area contributed by atoms with E-state index in [1.165, 1.54) is 11.8 Å². The summed E-state index contributed by atoms with van der Waals surface area (Å²) in [4.78, 5) is 26.2. The van der Waals surface area contributed by atoms with E-state index in [0.717, 1.165) is 38.4 Å². The Morgan fingerprint density at radius 2 is 1.69 bits per heavy atom. The Hall–Kier alpha value is -3.71. The van der Waals surface area contributed by atoms with Gasteiger partial charge < -0.3 is 19.9 Å². The van der Waals surface area contributed by atoms with Crippen LogP contribution in [0.1, 0.15) is 28.4 Å². The molecule has 2 N–H and O–H groups in total. The molecule has 0 fully saturated rings. The number of benzene rings is 3. The molecule has 3 aromatic carbocycles. The quantitative estimate of drug-likeness (QED) is 0.269. The fourth-order valence-electron chi connectivity index (χ4n) is 4.16. The predicted molar refractivity (Wildman–Crippen MR) is 147 cm³/mol. The second kappa shape index (κ2) is 11.8. The zero-order valence-electron chi connectivity index (χ0n) is 20.8. The normalized spacial score (nSPS) is 10.9. The second-order valence-corrected chi connectivity index (χ2v) is 9.65. The third-order valence-electron chi connectivity index (χ3n) is 5.68. The van der Waals surface area contributed by atoms with Crippen LogP contribution in [0.3, 0.4) is 0 Å². The van der Waals surface area contributed by atoms with Crippen molar-refractivity contribution in [2.45, 2.75) is 32.2 Å². The van der Waals surface area contributed by atoms with Crippen LogP contribution in [0.25, 0.3) is 10.9 Å². The van der Waals surface area contributed by atoms with E-state index in [-0.39, 0.29) is 11.8 Å². The van der Waals surface area contributed by atoms with Gasteiger partial charge in [-0.15, -0.1) is 11.8 Å². The molecule has 0 saturated carbocycles. The van der Waals surface area contributed by atoms with E-state index in [1.54, 1.807) is 24.3 Å². The molecule has 0 atom stereocenters. The Balaban J connectivity index is 1.36. The summed E-state index contributed by atoms with van der Waals surface area (Å²) in [5.74, 6) is 0.910. The van der Waals surface area contributed by atoms with Crippen LogP contribution in [0, 0.1) is 13.8 Å². The van der Waals surface area contributed by atoms with Gasteiger partial charge in [0, 0.05) is 46.3 Å². The number of ether oxygens (including phenoxy) is 1. The van der Waals surface area contributed by atoms with Gasteiger partial charge in [0.25, 0.3) is 5.91 Å². The number of rotatable bonds is 10. The summed E-state index contributed by atoms with van der Waals surface area (Å²) in [6.45, 7) is 7.67. The van der Waals surface area contributed by atoms with Gasteiger partial charge >= 0.3 is 0 Å². The molecule has 6 nitrogen and oxygen atoms in total. The van der Waals surface area contributed by atoms with Gasteiger partial charge in [0.1, 0.15) is 5.75 Å². The SMILES string of the molecule is CCOc1ccc(C(=O)NCCn2cc(SCC(=O)Nc3cc(C)cc(C)c3)c3ccccc32)cc1. The molecule has 0 radical (unpaired) electrons. The van der Waals surface area contributed by atoms with Crippen LogP contribution in [-0.4, -0.2) is 35.3 Å². The highest BCUT2D eigenvalue weighted by atomic mass is 32.2. The van der Waals surface area contributed by atoms with Gasteiger partial charge in [0.05, 0.1) is 12.4 Å². The third-order valence-corrected chi connectivity index (χ3v) is 6.72. The first-order valence-corrected chi connectivity index (χ1v) is 13.0. The van der Waals surface area contributed by atoms with E-state index >= 15 is 0 Å². The Morgan fingerprint density at radius 1 is 0.972 bits per heavy atom. The van der Waals surface area contributed by atoms with Crippen LogP contribution in [0.15, 0.2) is 77.8 Å². The van der Waals surface area contributed by atoms with Crippen molar-refractivity contribution in [1.29, 1.82) is 0 Å². The number of nitrogens with one attached hydrogen (secondary N) is 2. The van der Waals surface area contributed by atoms with Crippen LogP contribution in [-0.2, 0) is 11.3 Å². The number of carbonyl (C=O) groups excluding carboxylic acids is 2. The van der Waals surface area contributed by atoms with E-state index in [9.17, 15) is 9.59 Å². The number of amides is 2. The number of para-hydroxylation sites is 1. The number of carbonyl (C=O) groups is 2. The second-order valence-electron chi connectivity index (χ2n) is 8.63. The molecule has 0 bridgehead atoms. The fraction of sp³-hybridized carbons (Fsp3) is 0.241. The molecule has 186 valence electrons. The summed E-state index contributed by atoms with van der Waals surface area (Å²) in [6.07, 6.45) is 2.06. The molecule has 0 saturated heterocycles. The van der Waals surface area contributed by atoms with Crippen molar-refractivity contribution in [2.24, 2.45) is 0 Å². The Bertz CT molecular complexity index is 1340. The van der Waals surface area contributed by atoms with Gasteiger partial charge in [-0.05, 0) is 74.4 Å². The van der Waals surface area contributed by atoms with Gasteiger partial charge in [-0.3, -0.25) is 9.59 Å². The summed E-state index contributed by atoms with van der Waals surface area (Å²) in [5.41, 5.74) is 4.74. The molecule has 36 heavy (non-hydrogen) atoms. The molecule has 1 heterocycles. The van der Waals surface area contributed by atoms with Gasteiger partial charge in [-0.1, -0.05) is 24.3 Å². The maximum atomic E-state index is 12.6. The van der Waals surface area contributed by atoms with Gasteiger partial charge in [0.2, 0.25) is 5.91 Å². The molecule has 0 aliphatic rings. The van der Waals surface area contributed by atoms with Crippen molar-refractivity contribution in [1.82, 2.24) is 9.88 Å². The highest BCUT2D eigenvalue weighted by molar-refractivity contribution is 8.00. The number of aromatic nitrogens is 1. The lowest BCUT2D eigenvalue weighted by Gasteiger charge is -2.08. The van der Waals surface area contributed by atoms with Gasteiger partial charge in [-0.2, -0.15) is 0 Å². The summed E-state index contributed by atoms with van der Waals surface area (Å²) >= 11 is 1.52. The molecule has 0 unspecified atom stereocenters. The monoisotopic (exact) mass is 501 g/mol. The number of fused-ring (bicyclic) bond motifs is 1. The van der Waals surface area contributed by atoms with E-state index < -0.39 is 0 Å². The van der Waals surface area contributed by atoms with Crippen molar-refractivity contribution in [3.63, 3.8) is 0 Å². The minimum atomic E-state index is -0.118. The molecule has 4 rings (SSSR count). The fourth-order valence-corrected chi connectivity index (χ4v) is 5.05. The predicted octanol–water partition coefficient (Wildman–Crippen LogP) is 5.82. The molecule has 0 aliphatic heterocycles. The van der Waals surface area contributed by atoms with E-state index in [2.05, 4.69) is 39.6 Å². The Labute approximate surface area is 216 Å². The number of anilines is 1. The summed E-state index contributed by atoms with van der Waals surface area (Å²) in [5, 5.41) is 7.08. The van der Waals surface area contributed by atoms with Crippen LogP contribution in [0.4, 0.5) is 5.69 Å². The Kier molecular flexibility index (Phi) is 8.33. The van der Waals surface area contributed by atoms with Crippen LogP contribution < -0.4 is 15.4 Å². The van der Waals surface area contributed by atoms with Crippen molar-refractivity contribution in [2.75, 3.05) is 24.2 Å². The minimum Gasteiger partial charge on any atom is -0.494 e. The first-order valence-electron chi connectivity index (χ1n) is 12.0. The molecule has 1 aromatic heterocycles. The molecule has 2 amide bonds. The third kappa shape index (κ3) is 6.49. The first-order chi connectivity index (χ1) is 17.4. The lowest BCUT2D eigenvalue weighted by atomic mass is 10.1. The lowest BCUT2D eigenvalue weighted by Crippen LogP contribution is -2.27. The average Bonchev–Trinajstić information content (AvgIpc) is 3.20. The first kappa shape index (κ1) is 25.4. The highest BCUT2D eigenvalue weighted by Crippen LogP contribution is 2.30. The zero-order valence-corrected chi connectivity index (χ0v) is 21.7. The molecule has 7 heteroatoms. The number of hydrogen-bond donors (Lipinski definition) is 2. The van der Waals surface area contributed by atoms with Crippen LogP contribution in [0.2, 0.25) is 0 Å². The number of aryl methyl sites for hydroxylation is 2. The number of thioether (sulfide) groups is 1. The molecular weight excluding hydrogens is 470 g/mol. The molecule has 4 aromatic rings. The molecule has 0 aliphatic carbocycles. The lowest BCUT2D eigenvalue weighted by molar-refractivity contribution is -0.113. The zero-order chi connectivity index (χ0) is 25.5. The van der Waals surface area contributed by atoms with Crippen molar-refractivity contribution >= 4 is 40.2 Å². The highest BCUT2D eigenvalue weighted by Gasteiger charge is 2.12. The van der Waals surface area contributed by atoms with Gasteiger partial charge in [0.15, 0.2) is 0 Å². The van der Waals surface area contributed by atoms with E-state index in [0.29, 0.717) is 31.0 Å². The van der Waals surface area contributed by atoms with Gasteiger partial charge in [-0.25, -0.2) is 0 Å². The topological polar surface area (TPSA) is 72.4 Å². The molecule has 0 spiro atoms. The van der Waals surface area contributed by atoms with Crippen molar-refractivity contribution in [3.05, 3.63) is 89.6 Å². The number of hydrogen-bond acceptors (Lipinski definition) is 4. The smallest absolute Gasteiger partial charge is 0.251 e. The minimum absolute atomic E-state index is 0.0375. The maximum absolute atomic E-state index is 12.6. The van der Waals surface area contributed by atoms with E-state index in [1.807, 2.05) is 45.0 Å². The van der Waals surface area contributed by atoms with Crippen LogP contribution >= 0.6 is 11.8 Å². The summed E-state index contributed by atoms with van der Waals surface area (Å²) in [7, 11) is 0. The average molecular weight is 502 g/mol. The van der Waals surface area contributed by atoms with Crippen molar-refractivity contribution in [3.8, 4) is 5.75 Å². The van der Waals surface area contributed by atoms with Crippen molar-refractivity contribution < 1.29 is 14.3 Å². The Morgan fingerprint density at radius 3 is 2.42 bits per heavy atom. The largest absolute Gasteiger partial charge is 0.494 e. The summed E-state index contributed by atoms with van der Waals surface area (Å²) < 4.78 is 7.56. The number of nitrogens with zero attached hydrogens (tertiary/aromatic N) is 1. The maximum Gasteiger partial charge on any atom is 0.251 e. The standard InChI is InChI=1S/C29H31N3O3S/c1-4-35-24-11-9-22(10-12-24)29(34)30-13-14-32-18-27(25-7-5-6-8-26(25)32)36-19-28(33)31-23-16-20(2)15-21(3)17-23/h5-12,15-18H,4,13-14,19H2,1-3H3,(H,30,34)(H,31,33). The van der Waals surface area contributed by atoms with Crippen LogP contribution in [0.5, 0.6) is 5.75 Å². The summed E-state index contributed by atoms with van der Waals surface area (Å²) in [6, 6.07) is 21.3. The molecular formula is C29H31N3O3S. The van der Waals surface area contributed by atoms with E-state index in [4.69, 9.17) is 4.74 Å².